The van der Waals surface area contributed by atoms with Gasteiger partial charge in [0.2, 0.25) is 5.95 Å². The van der Waals surface area contributed by atoms with Crippen LogP contribution in [0.15, 0.2) is 30.6 Å². The predicted octanol–water partition coefficient (Wildman–Crippen LogP) is 3.39. The van der Waals surface area contributed by atoms with Crippen LogP contribution in [0.4, 0.5) is 10.9 Å². The van der Waals surface area contributed by atoms with E-state index in [9.17, 15) is 9.59 Å². The number of nitrogens with one attached hydrogen (secondary N) is 2. The van der Waals surface area contributed by atoms with Crippen LogP contribution in [0, 0.1) is 13.8 Å². The third-order valence-electron chi connectivity index (χ3n) is 4.36. The van der Waals surface area contributed by atoms with E-state index >= 15 is 0 Å². The van der Waals surface area contributed by atoms with Gasteiger partial charge in [0.05, 0.1) is 26.3 Å². The van der Waals surface area contributed by atoms with Gasteiger partial charge >= 0.3 is 11.9 Å². The molecule has 162 valence electrons. The maximum absolute atomic E-state index is 12.2. The number of thiocarbonyl (C=S) groups is 1. The second-order valence-corrected chi connectivity index (χ2v) is 8.00. The summed E-state index contributed by atoms with van der Waals surface area (Å²) in [7, 11) is 2.54. The molecular formula is C20H21N5O4S2. The average Bonchev–Trinajstić information content (AvgIpc) is 3.32. The first-order valence-electron chi connectivity index (χ1n) is 9.15. The molecule has 2 heterocycles. The molecule has 1 aromatic carbocycles. The number of hydrogen-bond acceptors (Lipinski definition) is 8. The van der Waals surface area contributed by atoms with Crippen LogP contribution >= 0.6 is 23.6 Å². The molecule has 0 atom stereocenters. The number of nitrogens with zero attached hydrogens (tertiary/aromatic N) is 3. The van der Waals surface area contributed by atoms with Crippen LogP contribution in [0.25, 0.3) is 0 Å². The number of benzene rings is 1. The Morgan fingerprint density at radius 3 is 2.42 bits per heavy atom. The van der Waals surface area contributed by atoms with Gasteiger partial charge in [-0.05, 0) is 37.2 Å². The molecule has 11 heteroatoms. The van der Waals surface area contributed by atoms with E-state index in [2.05, 4.69) is 20.7 Å². The van der Waals surface area contributed by atoms with Crippen molar-refractivity contribution >= 4 is 51.6 Å². The van der Waals surface area contributed by atoms with Crippen LogP contribution in [0.5, 0.6) is 0 Å². The van der Waals surface area contributed by atoms with Crippen LogP contribution in [0.3, 0.4) is 0 Å². The molecule has 0 fully saturated rings. The molecule has 2 N–H and O–H groups in total. The highest BCUT2D eigenvalue weighted by molar-refractivity contribution is 7.80. The fourth-order valence-corrected chi connectivity index (χ4v) is 4.16. The first kappa shape index (κ1) is 22.4. The second-order valence-electron chi connectivity index (χ2n) is 6.57. The van der Waals surface area contributed by atoms with Crippen LogP contribution in [0.1, 0.15) is 36.7 Å². The Morgan fingerprint density at radius 1 is 1.10 bits per heavy atom. The Bertz CT molecular complexity index is 1120. The molecule has 0 aliphatic heterocycles. The minimum absolute atomic E-state index is 0.163. The fourth-order valence-electron chi connectivity index (χ4n) is 2.78. The number of rotatable bonds is 6. The van der Waals surface area contributed by atoms with Crippen molar-refractivity contribution in [2.45, 2.75) is 20.4 Å². The average molecular weight is 460 g/mol. The van der Waals surface area contributed by atoms with Gasteiger partial charge in [0.1, 0.15) is 16.2 Å². The largest absolute Gasteiger partial charge is 0.465 e. The molecule has 3 aromatic rings. The Hall–Kier alpha value is -3.31. The Balaban J connectivity index is 1.72. The third kappa shape index (κ3) is 5.25. The number of aromatic nitrogens is 3. The van der Waals surface area contributed by atoms with E-state index in [1.165, 1.54) is 19.8 Å². The summed E-state index contributed by atoms with van der Waals surface area (Å²) in [6.45, 7) is 4.24. The molecule has 0 spiro atoms. The lowest BCUT2D eigenvalue weighted by molar-refractivity contribution is 0.0601. The van der Waals surface area contributed by atoms with Gasteiger partial charge in [-0.15, -0.1) is 16.4 Å². The highest BCUT2D eigenvalue weighted by Crippen LogP contribution is 2.34. The Labute approximate surface area is 188 Å². The summed E-state index contributed by atoms with van der Waals surface area (Å²) in [5.41, 5.74) is 2.95. The van der Waals surface area contributed by atoms with E-state index < -0.39 is 11.9 Å². The number of anilines is 2. The molecule has 0 radical (unpaired) electrons. The number of hydrogen-bond donors (Lipinski definition) is 2. The summed E-state index contributed by atoms with van der Waals surface area (Å²) in [6, 6.07) is 8.13. The van der Waals surface area contributed by atoms with Crippen molar-refractivity contribution < 1.29 is 19.1 Å². The lowest BCUT2D eigenvalue weighted by atomic mass is 10.1. The molecular weight excluding hydrogens is 438 g/mol. The number of thiophene rings is 1. The number of carbonyl (C=O) groups is 2. The van der Waals surface area contributed by atoms with Gasteiger partial charge in [0, 0.05) is 0 Å². The third-order valence-corrected chi connectivity index (χ3v) is 5.75. The SMILES string of the molecule is COC(=O)c1sc(NC(=S)Nc2ncn(Cc3ccc(C)cc3)n2)c(C(=O)OC)c1C. The highest BCUT2D eigenvalue weighted by Gasteiger charge is 2.26. The minimum Gasteiger partial charge on any atom is -0.465 e. The number of esters is 2. The zero-order chi connectivity index (χ0) is 22.5. The van der Waals surface area contributed by atoms with E-state index in [1.807, 2.05) is 31.2 Å². The van der Waals surface area contributed by atoms with E-state index in [0.29, 0.717) is 23.1 Å². The molecule has 0 aliphatic rings. The normalized spacial score (nSPS) is 10.5. The van der Waals surface area contributed by atoms with Crippen molar-refractivity contribution in [1.29, 1.82) is 0 Å². The number of carbonyl (C=O) groups excluding carboxylic acids is 2. The molecule has 0 saturated carbocycles. The molecule has 0 unspecified atom stereocenters. The summed E-state index contributed by atoms with van der Waals surface area (Å²) < 4.78 is 11.3. The van der Waals surface area contributed by atoms with E-state index in [4.69, 9.17) is 21.7 Å². The van der Waals surface area contributed by atoms with Crippen LogP contribution < -0.4 is 10.6 Å². The molecule has 0 saturated heterocycles. The summed E-state index contributed by atoms with van der Waals surface area (Å²) in [5, 5.41) is 10.7. The summed E-state index contributed by atoms with van der Waals surface area (Å²) in [4.78, 5) is 28.7. The topological polar surface area (TPSA) is 107 Å². The maximum Gasteiger partial charge on any atom is 0.348 e. The first-order valence-corrected chi connectivity index (χ1v) is 10.4. The van der Waals surface area contributed by atoms with Crippen molar-refractivity contribution in [3.05, 3.63) is 57.7 Å². The second kappa shape index (κ2) is 9.67. The summed E-state index contributed by atoms with van der Waals surface area (Å²) in [6.07, 6.45) is 1.59. The molecule has 31 heavy (non-hydrogen) atoms. The highest BCUT2D eigenvalue weighted by atomic mass is 32.1. The van der Waals surface area contributed by atoms with Crippen molar-refractivity contribution in [2.75, 3.05) is 24.9 Å². The van der Waals surface area contributed by atoms with E-state index in [0.717, 1.165) is 16.9 Å². The molecule has 2 aromatic heterocycles. The summed E-state index contributed by atoms with van der Waals surface area (Å²) in [5.74, 6) is -0.837. The van der Waals surface area contributed by atoms with Gasteiger partial charge in [-0.1, -0.05) is 29.8 Å². The maximum atomic E-state index is 12.2. The van der Waals surface area contributed by atoms with Crippen molar-refractivity contribution in [2.24, 2.45) is 0 Å². The quantitative estimate of drug-likeness (QED) is 0.424. The molecule has 0 bridgehead atoms. The molecule has 9 nitrogen and oxygen atoms in total. The lowest BCUT2D eigenvalue weighted by Crippen LogP contribution is -2.21. The van der Waals surface area contributed by atoms with Gasteiger partial charge in [-0.25, -0.2) is 19.3 Å². The van der Waals surface area contributed by atoms with E-state index in [-0.39, 0.29) is 15.6 Å². The fraction of sp³-hybridized carbons (Fsp3) is 0.250. The lowest BCUT2D eigenvalue weighted by Gasteiger charge is -2.08. The standard InChI is InChI=1S/C20H21N5O4S2/c1-11-5-7-13(8-6-11)9-25-10-21-19(24-25)23-20(30)22-16-14(17(26)28-3)12(2)15(31-16)18(27)29-4/h5-8,10H,9H2,1-4H3,(H2,22,23,24,30). The molecule has 0 aliphatic carbocycles. The Morgan fingerprint density at radius 2 is 1.77 bits per heavy atom. The zero-order valence-electron chi connectivity index (χ0n) is 17.4. The van der Waals surface area contributed by atoms with Gasteiger partial charge in [-0.3, -0.25) is 5.32 Å². The van der Waals surface area contributed by atoms with Crippen LogP contribution in [0.2, 0.25) is 0 Å². The van der Waals surface area contributed by atoms with Gasteiger partial charge in [0.25, 0.3) is 0 Å². The first-order chi connectivity index (χ1) is 14.8. The smallest absolute Gasteiger partial charge is 0.348 e. The minimum atomic E-state index is -0.588. The number of ether oxygens (including phenoxy) is 2. The van der Waals surface area contributed by atoms with Crippen molar-refractivity contribution in [3.8, 4) is 0 Å². The van der Waals surface area contributed by atoms with E-state index in [1.54, 1.807) is 17.9 Å². The van der Waals surface area contributed by atoms with Crippen molar-refractivity contribution in [3.63, 3.8) is 0 Å². The van der Waals surface area contributed by atoms with Gasteiger partial charge in [-0.2, -0.15) is 0 Å². The predicted molar refractivity (Wildman–Crippen MR) is 122 cm³/mol. The Kier molecular flexibility index (Phi) is 6.98. The van der Waals surface area contributed by atoms with Crippen LogP contribution in [-0.2, 0) is 16.0 Å². The van der Waals surface area contributed by atoms with Crippen molar-refractivity contribution in [1.82, 2.24) is 14.8 Å². The monoisotopic (exact) mass is 459 g/mol. The molecule has 3 rings (SSSR count). The number of methoxy groups -OCH3 is 2. The van der Waals surface area contributed by atoms with Gasteiger partial charge in [0.15, 0.2) is 5.11 Å². The zero-order valence-corrected chi connectivity index (χ0v) is 19.0. The summed E-state index contributed by atoms with van der Waals surface area (Å²) >= 11 is 6.38. The molecule has 0 amide bonds. The van der Waals surface area contributed by atoms with Gasteiger partial charge < -0.3 is 14.8 Å². The number of aryl methyl sites for hydroxylation is 1. The van der Waals surface area contributed by atoms with Crippen LogP contribution in [-0.4, -0.2) is 46.0 Å².